The molecule has 0 bridgehead atoms. The average Bonchev–Trinajstić information content (AvgIpc) is 2.45. The van der Waals surface area contributed by atoms with Crippen molar-refractivity contribution in [3.63, 3.8) is 0 Å². The number of amides is 1. The third-order valence-electron chi connectivity index (χ3n) is 4.93. The van der Waals surface area contributed by atoms with Crippen LogP contribution < -0.4 is 0 Å². The van der Waals surface area contributed by atoms with Crippen LogP contribution in [0.15, 0.2) is 18.3 Å². The number of piperidine rings is 1. The van der Waals surface area contributed by atoms with Crippen LogP contribution in [-0.2, 0) is 0 Å². The van der Waals surface area contributed by atoms with Gasteiger partial charge in [-0.1, -0.05) is 0 Å². The number of carbonyl (C=O) groups is 1. The van der Waals surface area contributed by atoms with E-state index in [-0.39, 0.29) is 16.9 Å². The number of hydrogen-bond acceptors (Lipinski definition) is 2. The highest BCUT2D eigenvalue weighted by Crippen LogP contribution is 2.56. The molecule has 1 aromatic rings. The van der Waals surface area contributed by atoms with Gasteiger partial charge in [0.15, 0.2) is 0 Å². The van der Waals surface area contributed by atoms with E-state index in [1.54, 1.807) is 0 Å². The summed E-state index contributed by atoms with van der Waals surface area (Å²) in [5.74, 6) is 0.236. The van der Waals surface area contributed by atoms with Gasteiger partial charge in [0.05, 0.1) is 0 Å². The van der Waals surface area contributed by atoms with Crippen LogP contribution in [0.2, 0.25) is 0 Å². The Labute approximate surface area is 121 Å². The summed E-state index contributed by atoms with van der Waals surface area (Å²) in [4.78, 5) is 16.6. The highest BCUT2D eigenvalue weighted by Gasteiger charge is 2.47. The van der Waals surface area contributed by atoms with E-state index >= 15 is 0 Å². The normalized spacial score (nSPS) is 21.6. The van der Waals surface area contributed by atoms with Gasteiger partial charge in [0.25, 0.3) is 6.43 Å². The van der Waals surface area contributed by atoms with E-state index in [9.17, 15) is 13.6 Å². The molecule has 1 N–H and O–H groups in total. The molecule has 2 fully saturated rings. The Morgan fingerprint density at radius 3 is 2.62 bits per heavy atom. The zero-order chi connectivity index (χ0) is 15.0. The van der Waals surface area contributed by atoms with Gasteiger partial charge in [0, 0.05) is 36.5 Å². The molecule has 0 unspecified atom stereocenters. The number of aromatic nitrogens is 1. The fraction of sp³-hybridized carbons (Fsp3) is 0.600. The fourth-order valence-corrected chi connectivity index (χ4v) is 3.60. The molecule has 21 heavy (non-hydrogen) atoms. The van der Waals surface area contributed by atoms with Crippen LogP contribution in [0.3, 0.4) is 0 Å². The zero-order valence-corrected chi connectivity index (χ0v) is 11.6. The first-order valence-electron chi connectivity index (χ1n) is 7.21. The molecule has 1 spiro atoms. The Bertz CT molecular complexity index is 534. The summed E-state index contributed by atoms with van der Waals surface area (Å²) in [5, 5.41) is 8.96. The predicted octanol–water partition coefficient (Wildman–Crippen LogP) is 3.66. The molecule has 2 aliphatic rings. The standard InChI is InChI=1S/C15H18F2N2O2/c16-13(17)10-1-4-18-12(7-10)11-8-15(9-11)2-5-19(6-3-15)14(20)21/h1,4,7,11,13H,2-3,5-6,8-9H2,(H,20,21). The third-order valence-corrected chi connectivity index (χ3v) is 4.93. The predicted molar refractivity (Wildman–Crippen MR) is 72.4 cm³/mol. The molecule has 3 rings (SSSR count). The van der Waals surface area contributed by atoms with Gasteiger partial charge < -0.3 is 10.0 Å². The van der Waals surface area contributed by atoms with Crippen LogP contribution in [0.4, 0.5) is 13.6 Å². The number of likely N-dealkylation sites (tertiary alicyclic amines) is 1. The second-order valence-corrected chi connectivity index (χ2v) is 6.19. The van der Waals surface area contributed by atoms with Crippen LogP contribution >= 0.6 is 0 Å². The van der Waals surface area contributed by atoms with Crippen molar-refractivity contribution >= 4 is 6.09 Å². The Kier molecular flexibility index (Phi) is 3.55. The maximum atomic E-state index is 12.7. The number of hydrogen-bond donors (Lipinski definition) is 1. The third kappa shape index (κ3) is 2.71. The summed E-state index contributed by atoms with van der Waals surface area (Å²) in [6.07, 6.45) is 1.73. The molecule has 4 nitrogen and oxygen atoms in total. The van der Waals surface area contributed by atoms with Gasteiger partial charge >= 0.3 is 6.09 Å². The van der Waals surface area contributed by atoms with Gasteiger partial charge in [-0.15, -0.1) is 0 Å². The summed E-state index contributed by atoms with van der Waals surface area (Å²) >= 11 is 0. The molecule has 6 heteroatoms. The summed E-state index contributed by atoms with van der Waals surface area (Å²) in [6.45, 7) is 1.15. The van der Waals surface area contributed by atoms with E-state index in [1.165, 1.54) is 23.2 Å². The number of alkyl halides is 2. The summed E-state index contributed by atoms with van der Waals surface area (Å²) in [6, 6.07) is 2.86. The minimum atomic E-state index is -2.46. The van der Waals surface area contributed by atoms with E-state index in [0.717, 1.165) is 31.4 Å². The molecule has 0 radical (unpaired) electrons. The van der Waals surface area contributed by atoms with Crippen LogP contribution in [0, 0.1) is 5.41 Å². The van der Waals surface area contributed by atoms with Gasteiger partial charge in [0.1, 0.15) is 0 Å². The quantitative estimate of drug-likeness (QED) is 0.906. The van der Waals surface area contributed by atoms with Crippen LogP contribution in [-0.4, -0.2) is 34.2 Å². The van der Waals surface area contributed by atoms with Crippen molar-refractivity contribution in [2.75, 3.05) is 13.1 Å². The summed E-state index contributed by atoms with van der Waals surface area (Å²) in [5.41, 5.74) is 0.972. The van der Waals surface area contributed by atoms with Gasteiger partial charge in [-0.05, 0) is 43.2 Å². The molecule has 114 valence electrons. The molecule has 1 saturated heterocycles. The smallest absolute Gasteiger partial charge is 0.407 e. The molecule has 1 aromatic heterocycles. The molecular formula is C15H18F2N2O2. The number of rotatable bonds is 2. The number of nitrogens with zero attached hydrogens (tertiary/aromatic N) is 2. The first-order chi connectivity index (χ1) is 9.99. The van der Waals surface area contributed by atoms with Crippen molar-refractivity contribution in [1.82, 2.24) is 9.88 Å². The van der Waals surface area contributed by atoms with Crippen molar-refractivity contribution in [3.05, 3.63) is 29.6 Å². The monoisotopic (exact) mass is 296 g/mol. The number of pyridine rings is 1. The Morgan fingerprint density at radius 1 is 1.38 bits per heavy atom. The van der Waals surface area contributed by atoms with Crippen molar-refractivity contribution in [2.24, 2.45) is 5.41 Å². The van der Waals surface area contributed by atoms with Gasteiger partial charge in [-0.25, -0.2) is 13.6 Å². The topological polar surface area (TPSA) is 53.4 Å². The Morgan fingerprint density at radius 2 is 2.05 bits per heavy atom. The Balaban J connectivity index is 1.61. The van der Waals surface area contributed by atoms with Crippen molar-refractivity contribution in [1.29, 1.82) is 0 Å². The fourth-order valence-electron chi connectivity index (χ4n) is 3.60. The Hall–Kier alpha value is -1.72. The van der Waals surface area contributed by atoms with Gasteiger partial charge in [-0.3, -0.25) is 4.98 Å². The molecule has 0 atom stereocenters. The lowest BCUT2D eigenvalue weighted by atomic mass is 9.56. The minimum Gasteiger partial charge on any atom is -0.465 e. The molecule has 0 aromatic carbocycles. The van der Waals surface area contributed by atoms with E-state index in [0.29, 0.717) is 13.1 Å². The van der Waals surface area contributed by atoms with E-state index in [1.807, 2.05) is 0 Å². The van der Waals surface area contributed by atoms with Crippen LogP contribution in [0.5, 0.6) is 0 Å². The van der Waals surface area contributed by atoms with Crippen LogP contribution in [0.1, 0.15) is 49.3 Å². The van der Waals surface area contributed by atoms with Crippen LogP contribution in [0.25, 0.3) is 0 Å². The maximum Gasteiger partial charge on any atom is 0.407 e. The van der Waals surface area contributed by atoms with E-state index < -0.39 is 12.5 Å². The molecule has 1 saturated carbocycles. The highest BCUT2D eigenvalue weighted by molar-refractivity contribution is 5.65. The largest absolute Gasteiger partial charge is 0.465 e. The molecule has 2 heterocycles. The maximum absolute atomic E-state index is 12.7. The van der Waals surface area contributed by atoms with E-state index in [4.69, 9.17) is 5.11 Å². The second kappa shape index (κ2) is 5.24. The molecule has 1 aliphatic heterocycles. The minimum absolute atomic E-state index is 0.0293. The zero-order valence-electron chi connectivity index (χ0n) is 11.6. The van der Waals surface area contributed by atoms with Crippen molar-refractivity contribution in [3.8, 4) is 0 Å². The van der Waals surface area contributed by atoms with Gasteiger partial charge in [0.2, 0.25) is 0 Å². The summed E-state index contributed by atoms with van der Waals surface area (Å²) < 4.78 is 25.4. The second-order valence-electron chi connectivity index (χ2n) is 6.19. The number of carboxylic acid groups (broad SMARTS) is 1. The lowest BCUT2D eigenvalue weighted by Gasteiger charge is -2.51. The number of halogens is 2. The lowest BCUT2D eigenvalue weighted by molar-refractivity contribution is 0.0177. The van der Waals surface area contributed by atoms with Crippen molar-refractivity contribution < 1.29 is 18.7 Å². The first-order valence-corrected chi connectivity index (χ1v) is 7.21. The van der Waals surface area contributed by atoms with E-state index in [2.05, 4.69) is 4.98 Å². The molecule has 1 aliphatic carbocycles. The van der Waals surface area contributed by atoms with Crippen molar-refractivity contribution in [2.45, 2.75) is 38.0 Å². The first kappa shape index (κ1) is 14.2. The molecule has 1 amide bonds. The molecular weight excluding hydrogens is 278 g/mol. The highest BCUT2D eigenvalue weighted by atomic mass is 19.3. The van der Waals surface area contributed by atoms with Gasteiger partial charge in [-0.2, -0.15) is 0 Å². The SMILES string of the molecule is O=C(O)N1CCC2(CC1)CC(c1cc(C(F)F)ccn1)C2. The average molecular weight is 296 g/mol. The summed E-state index contributed by atoms with van der Waals surface area (Å²) in [7, 11) is 0. The lowest BCUT2D eigenvalue weighted by Crippen LogP contribution is -2.47.